The van der Waals surface area contributed by atoms with Crippen molar-refractivity contribution in [3.63, 3.8) is 0 Å². The summed E-state index contributed by atoms with van der Waals surface area (Å²) in [6, 6.07) is 9.95. The van der Waals surface area contributed by atoms with E-state index in [-0.39, 0.29) is 10.6 Å². The van der Waals surface area contributed by atoms with E-state index in [4.69, 9.17) is 32.7 Å². The molecule has 0 heterocycles. The summed E-state index contributed by atoms with van der Waals surface area (Å²) in [4.78, 5) is 12.0. The Morgan fingerprint density at radius 2 is 1.96 bits per heavy atom. The maximum absolute atomic E-state index is 12.0. The van der Waals surface area contributed by atoms with Crippen LogP contribution in [0.2, 0.25) is 10.0 Å². The fourth-order valence-electron chi connectivity index (χ4n) is 1.91. The second kappa shape index (κ2) is 7.85. The normalized spacial score (nSPS) is 10.6. The lowest BCUT2D eigenvalue weighted by molar-refractivity contribution is 0.0955. The minimum absolute atomic E-state index is 0.254. The van der Waals surface area contributed by atoms with Gasteiger partial charge in [0.15, 0.2) is 11.5 Å². The van der Waals surface area contributed by atoms with E-state index in [0.717, 1.165) is 0 Å². The van der Waals surface area contributed by atoms with Gasteiger partial charge in [-0.25, -0.2) is 5.43 Å². The number of ether oxygens (including phenoxy) is 2. The number of carbonyl (C=O) groups excluding carboxylic acids is 1. The summed E-state index contributed by atoms with van der Waals surface area (Å²) in [7, 11) is 3.07. The van der Waals surface area contributed by atoms with Crippen LogP contribution in [-0.2, 0) is 0 Å². The monoisotopic (exact) mass is 352 g/mol. The molecule has 1 N–H and O–H groups in total. The lowest BCUT2D eigenvalue weighted by atomic mass is 10.2. The molecule has 2 aromatic rings. The zero-order valence-electron chi connectivity index (χ0n) is 12.5. The van der Waals surface area contributed by atoms with Gasteiger partial charge in [0.2, 0.25) is 0 Å². The number of hydrazone groups is 1. The van der Waals surface area contributed by atoms with Crippen LogP contribution in [0, 0.1) is 0 Å². The average molecular weight is 353 g/mol. The highest BCUT2D eigenvalue weighted by molar-refractivity contribution is 6.36. The number of amides is 1. The van der Waals surface area contributed by atoms with E-state index in [1.54, 1.807) is 31.4 Å². The lowest BCUT2D eigenvalue weighted by Crippen LogP contribution is -2.18. The van der Waals surface area contributed by atoms with E-state index in [0.29, 0.717) is 22.1 Å². The van der Waals surface area contributed by atoms with Crippen LogP contribution >= 0.6 is 23.2 Å². The van der Waals surface area contributed by atoms with E-state index in [2.05, 4.69) is 10.5 Å². The molecule has 0 radical (unpaired) electrons. The van der Waals surface area contributed by atoms with Gasteiger partial charge in [-0.2, -0.15) is 5.10 Å². The first-order chi connectivity index (χ1) is 11.1. The van der Waals surface area contributed by atoms with Gasteiger partial charge in [-0.05, 0) is 30.3 Å². The van der Waals surface area contributed by atoms with Crippen LogP contribution in [-0.4, -0.2) is 26.3 Å². The maximum Gasteiger partial charge on any atom is 0.272 e. The van der Waals surface area contributed by atoms with Gasteiger partial charge in [-0.15, -0.1) is 0 Å². The van der Waals surface area contributed by atoms with Gasteiger partial charge >= 0.3 is 0 Å². The Morgan fingerprint density at radius 3 is 2.61 bits per heavy atom. The minimum atomic E-state index is -0.440. The number of methoxy groups -OCH3 is 2. The zero-order valence-corrected chi connectivity index (χ0v) is 14.0. The minimum Gasteiger partial charge on any atom is -0.493 e. The van der Waals surface area contributed by atoms with Crippen molar-refractivity contribution in [2.45, 2.75) is 0 Å². The van der Waals surface area contributed by atoms with Crippen LogP contribution in [0.5, 0.6) is 11.5 Å². The average Bonchev–Trinajstić information content (AvgIpc) is 2.54. The fourth-order valence-corrected chi connectivity index (χ4v) is 2.40. The predicted octanol–water partition coefficient (Wildman–Crippen LogP) is 3.77. The van der Waals surface area contributed by atoms with Crippen LogP contribution in [0.25, 0.3) is 0 Å². The number of nitrogens with one attached hydrogen (secondary N) is 1. The van der Waals surface area contributed by atoms with Crippen LogP contribution in [0.4, 0.5) is 0 Å². The first-order valence-electron chi connectivity index (χ1n) is 6.56. The quantitative estimate of drug-likeness (QED) is 0.658. The molecule has 0 aromatic heterocycles. The Labute approximate surface area is 143 Å². The van der Waals surface area contributed by atoms with Crippen molar-refractivity contribution in [2.24, 2.45) is 5.10 Å². The van der Waals surface area contributed by atoms with E-state index in [9.17, 15) is 4.79 Å². The molecule has 0 aliphatic carbocycles. The predicted molar refractivity (Wildman–Crippen MR) is 91.1 cm³/mol. The van der Waals surface area contributed by atoms with Crippen LogP contribution in [0.3, 0.4) is 0 Å². The number of nitrogens with zero attached hydrogens (tertiary/aromatic N) is 1. The molecule has 7 heteroatoms. The summed E-state index contributed by atoms with van der Waals surface area (Å²) in [5.41, 5.74) is 3.35. The molecule has 0 bridgehead atoms. The zero-order chi connectivity index (χ0) is 16.8. The Morgan fingerprint density at radius 1 is 1.17 bits per heavy atom. The summed E-state index contributed by atoms with van der Waals surface area (Å²) in [5.74, 6) is 0.658. The van der Waals surface area contributed by atoms with E-state index >= 15 is 0 Å². The SMILES string of the molecule is COc1cccc(/C=N/NC(=O)c2ccc(Cl)cc2Cl)c1OC. The van der Waals surface area contributed by atoms with Gasteiger partial charge in [-0.3, -0.25) is 4.79 Å². The van der Waals surface area contributed by atoms with Gasteiger partial charge in [0.05, 0.1) is 31.0 Å². The summed E-state index contributed by atoms with van der Waals surface area (Å²) in [6.45, 7) is 0. The van der Waals surface area contributed by atoms with Crippen molar-refractivity contribution in [3.05, 3.63) is 57.6 Å². The van der Waals surface area contributed by atoms with Crippen LogP contribution in [0.1, 0.15) is 15.9 Å². The van der Waals surface area contributed by atoms with E-state index in [1.165, 1.54) is 25.5 Å². The highest BCUT2D eigenvalue weighted by Gasteiger charge is 2.10. The van der Waals surface area contributed by atoms with Crippen LogP contribution < -0.4 is 14.9 Å². The summed E-state index contributed by atoms with van der Waals surface area (Å²) < 4.78 is 10.5. The van der Waals surface area contributed by atoms with Crippen molar-refractivity contribution in [2.75, 3.05) is 14.2 Å². The van der Waals surface area contributed by atoms with Crippen molar-refractivity contribution >= 4 is 35.3 Å². The molecule has 0 saturated heterocycles. The molecule has 120 valence electrons. The van der Waals surface area contributed by atoms with Crippen molar-refractivity contribution in [3.8, 4) is 11.5 Å². The molecule has 0 aliphatic heterocycles. The molecule has 0 unspecified atom stereocenters. The van der Waals surface area contributed by atoms with Gasteiger partial charge in [0.25, 0.3) is 5.91 Å². The van der Waals surface area contributed by atoms with Crippen molar-refractivity contribution in [1.29, 1.82) is 0 Å². The number of rotatable bonds is 5. The molecule has 23 heavy (non-hydrogen) atoms. The Kier molecular flexibility index (Phi) is 5.84. The summed E-state index contributed by atoms with van der Waals surface area (Å²) in [5, 5.41) is 4.62. The Bertz CT molecular complexity index is 748. The maximum atomic E-state index is 12.0. The van der Waals surface area contributed by atoms with E-state index < -0.39 is 5.91 Å². The molecule has 0 atom stereocenters. The smallest absolute Gasteiger partial charge is 0.272 e. The van der Waals surface area contributed by atoms with Crippen LogP contribution in [0.15, 0.2) is 41.5 Å². The van der Waals surface area contributed by atoms with Crippen molar-refractivity contribution < 1.29 is 14.3 Å². The standard InChI is InChI=1S/C16H14Cl2N2O3/c1-22-14-5-3-4-10(15(14)23-2)9-19-20-16(21)12-7-6-11(17)8-13(12)18/h3-9H,1-2H3,(H,20,21)/b19-9+. The molecule has 0 saturated carbocycles. The molecule has 5 nitrogen and oxygen atoms in total. The third kappa shape index (κ3) is 4.15. The number of carbonyl (C=O) groups is 1. The second-order valence-corrected chi connectivity index (χ2v) is 5.25. The third-order valence-electron chi connectivity index (χ3n) is 2.98. The third-order valence-corrected chi connectivity index (χ3v) is 3.53. The Hall–Kier alpha value is -2.24. The second-order valence-electron chi connectivity index (χ2n) is 4.41. The number of hydrogen-bond acceptors (Lipinski definition) is 4. The molecule has 0 aliphatic rings. The highest BCUT2D eigenvalue weighted by Crippen LogP contribution is 2.29. The highest BCUT2D eigenvalue weighted by atomic mass is 35.5. The molecule has 0 spiro atoms. The number of para-hydroxylation sites is 1. The summed E-state index contributed by atoms with van der Waals surface area (Å²) >= 11 is 11.8. The summed E-state index contributed by atoms with van der Waals surface area (Å²) in [6.07, 6.45) is 1.46. The van der Waals surface area contributed by atoms with Gasteiger partial charge in [-0.1, -0.05) is 29.3 Å². The molecule has 2 aromatic carbocycles. The lowest BCUT2D eigenvalue weighted by Gasteiger charge is -2.09. The molecule has 0 fully saturated rings. The molecular weight excluding hydrogens is 339 g/mol. The van der Waals surface area contributed by atoms with Gasteiger partial charge in [0.1, 0.15) is 0 Å². The number of benzene rings is 2. The first kappa shape index (κ1) is 17.1. The molecule has 2 rings (SSSR count). The first-order valence-corrected chi connectivity index (χ1v) is 7.32. The van der Waals surface area contributed by atoms with Gasteiger partial charge < -0.3 is 9.47 Å². The van der Waals surface area contributed by atoms with Crippen molar-refractivity contribution in [1.82, 2.24) is 5.43 Å². The molecule has 1 amide bonds. The number of hydrogen-bond donors (Lipinski definition) is 1. The number of halogens is 2. The van der Waals surface area contributed by atoms with E-state index in [1.807, 2.05) is 0 Å². The Balaban J connectivity index is 2.14. The molecular formula is C16H14Cl2N2O3. The largest absolute Gasteiger partial charge is 0.493 e. The van der Waals surface area contributed by atoms with Gasteiger partial charge in [0, 0.05) is 10.6 Å². The topological polar surface area (TPSA) is 59.9 Å². The fraction of sp³-hybridized carbons (Fsp3) is 0.125.